The number of aryl methyl sites for hydroxylation is 1. The summed E-state index contributed by atoms with van der Waals surface area (Å²) in [5, 5.41) is 0.419. The van der Waals surface area contributed by atoms with Gasteiger partial charge in [-0.25, -0.2) is 14.4 Å². The van der Waals surface area contributed by atoms with Crippen molar-refractivity contribution in [3.8, 4) is 0 Å². The van der Waals surface area contributed by atoms with Gasteiger partial charge < -0.3 is 9.88 Å². The number of piperazine rings is 1. The number of anilines is 1. The zero-order chi connectivity index (χ0) is 27.7. The molecule has 0 unspecified atom stereocenters. The second-order valence-corrected chi connectivity index (χ2v) is 10.9. The average Bonchev–Trinajstić information content (AvgIpc) is 2.94. The molecule has 1 aromatic carbocycles. The Morgan fingerprint density at radius 2 is 1.85 bits per heavy atom. The van der Waals surface area contributed by atoms with Gasteiger partial charge in [-0.2, -0.15) is 0 Å². The van der Waals surface area contributed by atoms with Crippen molar-refractivity contribution in [2.45, 2.75) is 71.6 Å². The van der Waals surface area contributed by atoms with Crippen molar-refractivity contribution >= 4 is 28.6 Å². The van der Waals surface area contributed by atoms with Crippen LogP contribution in [0.1, 0.15) is 51.4 Å². The summed E-state index contributed by atoms with van der Waals surface area (Å²) < 4.78 is 15.9. The van der Waals surface area contributed by atoms with Crippen molar-refractivity contribution < 1.29 is 4.39 Å². The SMILES string of the molecule is CCc1nc2nc(N3CCN(C4CCN(Cc5ccc(Cl)cc5F)CC4)[C@@H](CC)C3)c(=O)[nH]c2c(=O)n1CC. The van der Waals surface area contributed by atoms with Crippen molar-refractivity contribution in [3.63, 3.8) is 0 Å². The Labute approximate surface area is 232 Å². The summed E-state index contributed by atoms with van der Waals surface area (Å²) in [6.45, 7) is 11.1. The number of nitrogens with zero attached hydrogens (tertiary/aromatic N) is 6. The minimum atomic E-state index is -0.348. The highest BCUT2D eigenvalue weighted by Gasteiger charge is 2.34. The fraction of sp³-hybridized carbons (Fsp3) is 0.571. The van der Waals surface area contributed by atoms with E-state index in [2.05, 4.69) is 31.7 Å². The van der Waals surface area contributed by atoms with E-state index in [0.717, 1.165) is 38.9 Å². The number of aromatic nitrogens is 4. The third-order valence-corrected chi connectivity index (χ3v) is 8.48. The molecule has 4 heterocycles. The largest absolute Gasteiger partial charge is 0.349 e. The van der Waals surface area contributed by atoms with Gasteiger partial charge in [0.15, 0.2) is 17.0 Å². The number of aromatic amines is 1. The van der Waals surface area contributed by atoms with Crippen LogP contribution in [-0.2, 0) is 19.5 Å². The lowest BCUT2D eigenvalue weighted by Gasteiger charge is -2.47. The van der Waals surface area contributed by atoms with Crippen molar-refractivity contribution in [1.82, 2.24) is 29.3 Å². The predicted molar refractivity (Wildman–Crippen MR) is 152 cm³/mol. The maximum Gasteiger partial charge on any atom is 0.291 e. The monoisotopic (exact) mass is 557 g/mol. The van der Waals surface area contributed by atoms with E-state index in [1.807, 2.05) is 18.7 Å². The van der Waals surface area contributed by atoms with Crippen LogP contribution in [0.15, 0.2) is 27.8 Å². The first-order valence-electron chi connectivity index (χ1n) is 14.0. The quantitative estimate of drug-likeness (QED) is 0.476. The fourth-order valence-corrected chi connectivity index (χ4v) is 6.27. The summed E-state index contributed by atoms with van der Waals surface area (Å²) in [6.07, 6.45) is 3.61. The molecule has 210 valence electrons. The Kier molecular flexibility index (Phi) is 8.35. The first-order chi connectivity index (χ1) is 18.8. The van der Waals surface area contributed by atoms with Crippen LogP contribution in [0.3, 0.4) is 0 Å². The average molecular weight is 558 g/mol. The van der Waals surface area contributed by atoms with Crippen LogP contribution in [-0.4, -0.2) is 74.1 Å². The van der Waals surface area contributed by atoms with Gasteiger partial charge in [-0.1, -0.05) is 31.5 Å². The summed E-state index contributed by atoms with van der Waals surface area (Å²) in [5.74, 6) is 0.756. The molecular weight excluding hydrogens is 521 g/mol. The number of hydrogen-bond acceptors (Lipinski definition) is 7. The second kappa shape index (κ2) is 11.7. The van der Waals surface area contributed by atoms with Crippen LogP contribution < -0.4 is 16.0 Å². The highest BCUT2D eigenvalue weighted by molar-refractivity contribution is 6.30. The Morgan fingerprint density at radius 1 is 1.08 bits per heavy atom. The van der Waals surface area contributed by atoms with Crippen LogP contribution in [0, 0.1) is 5.82 Å². The van der Waals surface area contributed by atoms with Crippen LogP contribution in [0.25, 0.3) is 11.2 Å². The minimum Gasteiger partial charge on any atom is -0.349 e. The molecule has 11 heteroatoms. The maximum absolute atomic E-state index is 14.3. The standard InChI is InChI=1S/C28H37ClFN7O2/c1-4-20-17-35(26-27(38)32-24-25(33-26)31-23(5-2)36(6-3)28(24)39)13-14-37(20)21-9-11-34(12-10-21)16-18-7-8-19(29)15-22(18)30/h7-8,15,20-21H,4-6,9-14,16-17H2,1-3H3,(H,32,38)/t20-/m0/s1. The van der Waals surface area contributed by atoms with E-state index in [0.29, 0.717) is 66.5 Å². The zero-order valence-electron chi connectivity index (χ0n) is 22.9. The Hall–Kier alpha value is -2.82. The van der Waals surface area contributed by atoms with E-state index in [-0.39, 0.29) is 28.5 Å². The van der Waals surface area contributed by atoms with Crippen molar-refractivity contribution in [2.75, 3.05) is 37.6 Å². The first kappa shape index (κ1) is 27.7. The molecule has 0 bridgehead atoms. The van der Waals surface area contributed by atoms with Gasteiger partial charge in [-0.3, -0.25) is 24.0 Å². The minimum absolute atomic E-state index is 0.165. The van der Waals surface area contributed by atoms with Gasteiger partial charge in [0.2, 0.25) is 0 Å². The summed E-state index contributed by atoms with van der Waals surface area (Å²) in [7, 11) is 0. The van der Waals surface area contributed by atoms with Crippen molar-refractivity contribution in [3.05, 3.63) is 61.1 Å². The van der Waals surface area contributed by atoms with Crippen molar-refractivity contribution in [1.29, 1.82) is 0 Å². The summed E-state index contributed by atoms with van der Waals surface area (Å²) in [5.41, 5.74) is 0.547. The molecule has 0 aliphatic carbocycles. The Balaban J connectivity index is 1.27. The maximum atomic E-state index is 14.3. The topological polar surface area (TPSA) is 90.4 Å². The molecule has 2 aliphatic heterocycles. The lowest BCUT2D eigenvalue weighted by molar-refractivity contribution is 0.0607. The number of hydrogen-bond donors (Lipinski definition) is 1. The molecule has 2 aliphatic rings. The molecule has 2 fully saturated rings. The molecule has 2 aromatic heterocycles. The number of benzene rings is 1. The number of likely N-dealkylation sites (tertiary alicyclic amines) is 1. The Bertz CT molecular complexity index is 1450. The number of halogens is 2. The van der Waals surface area contributed by atoms with E-state index >= 15 is 0 Å². The van der Waals surface area contributed by atoms with Crippen LogP contribution in [0.4, 0.5) is 10.2 Å². The molecule has 9 nitrogen and oxygen atoms in total. The van der Waals surface area contributed by atoms with Crippen LogP contribution >= 0.6 is 11.6 Å². The highest BCUT2D eigenvalue weighted by atomic mass is 35.5. The normalized spacial score (nSPS) is 19.7. The molecule has 0 spiro atoms. The number of fused-ring (bicyclic) bond motifs is 1. The van der Waals surface area contributed by atoms with Gasteiger partial charge in [0.1, 0.15) is 11.6 Å². The van der Waals surface area contributed by atoms with Crippen LogP contribution in [0.5, 0.6) is 0 Å². The number of rotatable bonds is 7. The van der Waals surface area contributed by atoms with Crippen molar-refractivity contribution in [2.24, 2.45) is 0 Å². The molecule has 5 rings (SSSR count). The van der Waals surface area contributed by atoms with E-state index in [1.54, 1.807) is 16.7 Å². The van der Waals surface area contributed by atoms with Gasteiger partial charge in [0.25, 0.3) is 11.1 Å². The molecular formula is C28H37ClFN7O2. The molecule has 0 radical (unpaired) electrons. The molecule has 1 N–H and O–H groups in total. The van der Waals surface area contributed by atoms with Gasteiger partial charge in [-0.15, -0.1) is 0 Å². The summed E-state index contributed by atoms with van der Waals surface area (Å²) in [6, 6.07) is 5.63. The number of nitrogens with one attached hydrogen (secondary N) is 1. The van der Waals surface area contributed by atoms with Gasteiger partial charge >= 0.3 is 0 Å². The van der Waals surface area contributed by atoms with E-state index in [1.165, 1.54) is 6.07 Å². The molecule has 39 heavy (non-hydrogen) atoms. The highest BCUT2D eigenvalue weighted by Crippen LogP contribution is 2.26. The number of H-pyrrole nitrogens is 1. The predicted octanol–water partition coefficient (Wildman–Crippen LogP) is 3.42. The third-order valence-electron chi connectivity index (χ3n) is 8.25. The second-order valence-electron chi connectivity index (χ2n) is 10.5. The Morgan fingerprint density at radius 3 is 2.51 bits per heavy atom. The lowest BCUT2D eigenvalue weighted by atomic mass is 9.98. The van der Waals surface area contributed by atoms with Gasteiger partial charge in [0.05, 0.1) is 0 Å². The van der Waals surface area contributed by atoms with E-state index < -0.39 is 0 Å². The summed E-state index contributed by atoms with van der Waals surface area (Å²) >= 11 is 5.90. The van der Waals surface area contributed by atoms with E-state index in [4.69, 9.17) is 11.6 Å². The molecule has 0 saturated carbocycles. The van der Waals surface area contributed by atoms with Crippen LogP contribution in [0.2, 0.25) is 5.02 Å². The molecule has 2 saturated heterocycles. The molecule has 3 aromatic rings. The zero-order valence-corrected chi connectivity index (χ0v) is 23.7. The first-order valence-corrected chi connectivity index (χ1v) is 14.4. The fourth-order valence-electron chi connectivity index (χ4n) is 6.11. The smallest absolute Gasteiger partial charge is 0.291 e. The summed E-state index contributed by atoms with van der Waals surface area (Å²) in [4.78, 5) is 44.9. The van der Waals surface area contributed by atoms with Gasteiger partial charge in [-0.05, 0) is 51.4 Å². The third kappa shape index (κ3) is 5.60. The van der Waals surface area contributed by atoms with E-state index in [9.17, 15) is 14.0 Å². The number of piperidine rings is 1. The van der Waals surface area contributed by atoms with Gasteiger partial charge in [0, 0.05) is 61.8 Å². The molecule has 0 amide bonds. The molecule has 1 atom stereocenters. The lowest BCUT2D eigenvalue weighted by Crippen LogP contribution is -2.59.